The predicted octanol–water partition coefficient (Wildman–Crippen LogP) is 3.13. The minimum Gasteiger partial charge on any atom is -0.493 e. The van der Waals surface area contributed by atoms with Crippen LogP contribution in [0.4, 0.5) is 0 Å². The third kappa shape index (κ3) is 3.92. The van der Waals surface area contributed by atoms with Crippen molar-refractivity contribution < 1.29 is 27.9 Å². The summed E-state index contributed by atoms with van der Waals surface area (Å²) in [6.45, 7) is -1.91. The fraction of sp³-hybridized carbons (Fsp3) is 0.409. The molecule has 0 fully saturated rings. The van der Waals surface area contributed by atoms with E-state index in [9.17, 15) is 4.79 Å². The highest BCUT2D eigenvalue weighted by molar-refractivity contribution is 5.99. The normalized spacial score (nSPS) is 16.7. The van der Waals surface area contributed by atoms with Gasteiger partial charge in [-0.3, -0.25) is 4.79 Å². The molecule has 1 aliphatic heterocycles. The van der Waals surface area contributed by atoms with E-state index in [1.54, 1.807) is 24.3 Å². The second kappa shape index (κ2) is 8.52. The Labute approximate surface area is 170 Å². The quantitative estimate of drug-likeness (QED) is 0.802. The van der Waals surface area contributed by atoms with Crippen LogP contribution in [0.1, 0.15) is 31.2 Å². The second-order valence-electron chi connectivity index (χ2n) is 6.61. The Morgan fingerprint density at radius 3 is 1.93 bits per heavy atom. The van der Waals surface area contributed by atoms with E-state index in [0.29, 0.717) is 46.1 Å². The first-order valence-electron chi connectivity index (χ1n) is 10.5. The van der Waals surface area contributed by atoms with Crippen LogP contribution in [0.2, 0.25) is 0 Å². The highest BCUT2D eigenvalue weighted by Crippen LogP contribution is 2.35. The number of ether oxygens (including phenoxy) is 4. The van der Waals surface area contributed by atoms with Crippen LogP contribution < -0.4 is 18.9 Å². The minimum absolute atomic E-state index is 0.0903. The van der Waals surface area contributed by atoms with Gasteiger partial charge in [-0.05, 0) is 54.4 Å². The molecule has 0 N–H and O–H groups in total. The first kappa shape index (κ1) is 16.2. The van der Waals surface area contributed by atoms with Crippen molar-refractivity contribution in [3.05, 3.63) is 46.5 Å². The van der Waals surface area contributed by atoms with E-state index in [0.717, 1.165) is 5.56 Å². The number of rotatable bonds is 4. The number of nitrogens with zero attached hydrogens (tertiary/aromatic N) is 1. The van der Waals surface area contributed by atoms with Gasteiger partial charge in [0.2, 0.25) is 0 Å². The van der Waals surface area contributed by atoms with Gasteiger partial charge in [0.25, 0.3) is 0 Å². The second-order valence-corrected chi connectivity index (χ2v) is 6.61. The van der Waals surface area contributed by atoms with Gasteiger partial charge in [-0.25, -0.2) is 0 Å². The summed E-state index contributed by atoms with van der Waals surface area (Å²) in [5.41, 5.74) is 2.62. The third-order valence-electron chi connectivity index (χ3n) is 4.98. The number of benzene rings is 2. The van der Waals surface area contributed by atoms with E-state index in [2.05, 4.69) is 0 Å². The largest absolute Gasteiger partial charge is 0.493 e. The van der Waals surface area contributed by atoms with Gasteiger partial charge in [-0.2, -0.15) is 0 Å². The van der Waals surface area contributed by atoms with Crippen LogP contribution in [0.3, 0.4) is 0 Å². The van der Waals surface area contributed by atoms with Crippen molar-refractivity contribution >= 4 is 5.78 Å². The zero-order valence-electron chi connectivity index (χ0n) is 19.6. The Kier molecular flexibility index (Phi) is 4.94. The van der Waals surface area contributed by atoms with Gasteiger partial charge in [-0.1, -0.05) is 0 Å². The van der Waals surface area contributed by atoms with E-state index in [-0.39, 0.29) is 25.3 Å². The molecule has 0 spiro atoms. The molecule has 0 saturated heterocycles. The number of methoxy groups -OCH3 is 4. The molecule has 3 rings (SSSR count). The Morgan fingerprint density at radius 2 is 1.36 bits per heavy atom. The summed E-state index contributed by atoms with van der Waals surface area (Å²) in [6, 6.07) is 6.90. The van der Waals surface area contributed by atoms with Gasteiger partial charge in [0, 0.05) is 29.2 Å². The Bertz CT molecular complexity index is 975. The molecular weight excluding hydrogens is 358 g/mol. The van der Waals surface area contributed by atoms with Crippen molar-refractivity contribution in [2.24, 2.45) is 0 Å². The highest BCUT2D eigenvalue weighted by atomic mass is 16.5. The SMILES string of the molecule is [2H]C([2H])([2H])N1CCc2cc(OC)c(OC)cc2C(=O)Cc2cc(OC)c(OC)cc2C1. The van der Waals surface area contributed by atoms with Crippen LogP contribution in [-0.2, 0) is 19.4 Å². The topological polar surface area (TPSA) is 57.2 Å². The summed E-state index contributed by atoms with van der Waals surface area (Å²) in [5.74, 6) is 1.83. The smallest absolute Gasteiger partial charge is 0.167 e. The zero-order chi connectivity index (χ0) is 22.8. The Balaban J connectivity index is 2.17. The van der Waals surface area contributed by atoms with Crippen molar-refractivity contribution in [1.82, 2.24) is 4.90 Å². The lowest BCUT2D eigenvalue weighted by Gasteiger charge is -2.23. The molecule has 1 aliphatic rings. The van der Waals surface area contributed by atoms with Gasteiger partial charge >= 0.3 is 0 Å². The lowest BCUT2D eigenvalue weighted by atomic mass is 9.92. The maximum Gasteiger partial charge on any atom is 0.167 e. The zero-order valence-corrected chi connectivity index (χ0v) is 16.6. The van der Waals surface area contributed by atoms with Crippen molar-refractivity contribution in [3.8, 4) is 23.0 Å². The summed E-state index contributed by atoms with van der Waals surface area (Å²) < 4.78 is 45.5. The molecule has 0 bridgehead atoms. The summed E-state index contributed by atoms with van der Waals surface area (Å²) in [5, 5.41) is 0. The number of carbonyl (C=O) groups excluding carboxylic acids is 1. The molecule has 0 amide bonds. The van der Waals surface area contributed by atoms with Crippen molar-refractivity contribution in [2.45, 2.75) is 19.4 Å². The van der Waals surface area contributed by atoms with Crippen molar-refractivity contribution in [1.29, 1.82) is 0 Å². The fourth-order valence-electron chi connectivity index (χ4n) is 3.47. The van der Waals surface area contributed by atoms with Crippen LogP contribution >= 0.6 is 0 Å². The van der Waals surface area contributed by atoms with E-state index < -0.39 is 6.98 Å². The number of carbonyl (C=O) groups is 1. The molecular formula is C22H27NO5. The number of hydrogen-bond donors (Lipinski definition) is 0. The molecule has 150 valence electrons. The van der Waals surface area contributed by atoms with Crippen molar-refractivity contribution in [3.63, 3.8) is 0 Å². The molecule has 0 unspecified atom stereocenters. The van der Waals surface area contributed by atoms with Gasteiger partial charge in [0.15, 0.2) is 28.8 Å². The molecule has 6 nitrogen and oxygen atoms in total. The molecule has 0 saturated carbocycles. The standard InChI is InChI=1S/C22H27NO5/c1-23-7-6-14-9-19(25-2)22(28-5)12-17(14)18(24)8-15-10-20(26-3)21(27-4)11-16(15)13-23/h9-12H,6-8,13H2,1-5H3/i1D3. The van der Waals surface area contributed by atoms with E-state index in [1.165, 1.54) is 33.3 Å². The molecule has 6 heteroatoms. The lowest BCUT2D eigenvalue weighted by molar-refractivity contribution is 0.0990. The Hall–Kier alpha value is -2.73. The molecule has 0 aliphatic carbocycles. The van der Waals surface area contributed by atoms with Gasteiger partial charge < -0.3 is 23.8 Å². The number of hydrogen-bond acceptors (Lipinski definition) is 6. The number of Topliss-reactive ketones (excluding diaryl/α,β-unsaturated/α-hetero) is 1. The van der Waals surface area contributed by atoms with Gasteiger partial charge in [-0.15, -0.1) is 0 Å². The summed E-state index contributed by atoms with van der Waals surface area (Å²) in [4.78, 5) is 14.7. The third-order valence-corrected chi connectivity index (χ3v) is 4.98. The van der Waals surface area contributed by atoms with Crippen molar-refractivity contribution in [2.75, 3.05) is 42.0 Å². The number of ketones is 1. The lowest BCUT2D eigenvalue weighted by Crippen LogP contribution is -2.24. The van der Waals surface area contributed by atoms with Crippen LogP contribution in [0.15, 0.2) is 24.3 Å². The number of fused-ring (bicyclic) bond motifs is 2. The minimum atomic E-state index is -2.30. The highest BCUT2D eigenvalue weighted by Gasteiger charge is 2.22. The summed E-state index contributed by atoms with van der Waals surface area (Å²) in [6.07, 6.45) is 0.468. The van der Waals surface area contributed by atoms with Crippen LogP contribution in [0, 0.1) is 0 Å². The summed E-state index contributed by atoms with van der Waals surface area (Å²) >= 11 is 0. The number of likely N-dealkylation sites (N-methyl/N-ethyl adjacent to an activating group) is 1. The van der Waals surface area contributed by atoms with E-state index in [4.69, 9.17) is 23.1 Å². The first-order chi connectivity index (χ1) is 14.7. The Morgan fingerprint density at radius 1 is 0.821 bits per heavy atom. The molecule has 2 aromatic rings. The molecule has 0 radical (unpaired) electrons. The fourth-order valence-corrected chi connectivity index (χ4v) is 3.47. The molecule has 2 aromatic carbocycles. The molecule has 1 heterocycles. The first-order valence-corrected chi connectivity index (χ1v) is 8.98. The van der Waals surface area contributed by atoms with E-state index >= 15 is 0 Å². The molecule has 28 heavy (non-hydrogen) atoms. The maximum atomic E-state index is 13.3. The monoisotopic (exact) mass is 388 g/mol. The van der Waals surface area contributed by atoms with Crippen LogP contribution in [-0.4, -0.2) is 52.6 Å². The maximum absolute atomic E-state index is 13.3. The molecule has 0 atom stereocenters. The summed E-state index contributed by atoms with van der Waals surface area (Å²) in [7, 11) is 6.08. The van der Waals surface area contributed by atoms with Gasteiger partial charge in [0.05, 0.1) is 28.4 Å². The average molecular weight is 388 g/mol. The van der Waals surface area contributed by atoms with Crippen LogP contribution in [0.25, 0.3) is 0 Å². The van der Waals surface area contributed by atoms with Gasteiger partial charge in [0.1, 0.15) is 0 Å². The predicted molar refractivity (Wildman–Crippen MR) is 107 cm³/mol. The molecule has 0 aromatic heterocycles. The van der Waals surface area contributed by atoms with E-state index in [1.807, 2.05) is 0 Å². The average Bonchev–Trinajstić information content (AvgIpc) is 2.75. The van der Waals surface area contributed by atoms with Crippen LogP contribution in [0.5, 0.6) is 23.0 Å².